The molecular formula is C33H38ClN9O4. The summed E-state index contributed by atoms with van der Waals surface area (Å²) in [5.74, 6) is 1.63. The smallest absolute Gasteiger partial charge is 0.254 e. The first-order valence-corrected chi connectivity index (χ1v) is 15.6. The van der Waals surface area contributed by atoms with Crippen LogP contribution in [-0.2, 0) is 11.3 Å². The number of likely N-dealkylation sites (N-methyl/N-ethyl adjacent to an activating group) is 2. The minimum Gasteiger partial charge on any atom is -0.481 e. The topological polar surface area (TPSA) is 149 Å². The molecule has 1 amide bonds. The van der Waals surface area contributed by atoms with Crippen molar-refractivity contribution in [3.8, 4) is 17.1 Å². The predicted octanol–water partition coefficient (Wildman–Crippen LogP) is 3.19. The largest absolute Gasteiger partial charge is 0.481 e. The average Bonchev–Trinajstić information content (AvgIpc) is 3.41. The normalized spacial score (nSPS) is 15.0. The van der Waals surface area contributed by atoms with Crippen LogP contribution in [0.4, 0.5) is 17.5 Å². The quantitative estimate of drug-likeness (QED) is 0.215. The molecule has 0 aliphatic carbocycles. The molecule has 1 unspecified atom stereocenters. The highest BCUT2D eigenvalue weighted by Gasteiger charge is 2.27. The zero-order valence-electron chi connectivity index (χ0n) is 26.6. The molecule has 14 heteroatoms. The molecule has 0 saturated carbocycles. The van der Waals surface area contributed by atoms with Gasteiger partial charge in [0.25, 0.3) is 5.91 Å². The first-order valence-electron chi connectivity index (χ1n) is 15.2. The molecule has 1 saturated heterocycles. The molecule has 6 rings (SSSR count). The van der Waals surface area contributed by atoms with Gasteiger partial charge in [-0.3, -0.25) is 4.79 Å². The fraction of sp³-hybridized carbons (Fsp3) is 0.333. The van der Waals surface area contributed by atoms with Gasteiger partial charge in [0.2, 0.25) is 11.8 Å². The number of carbonyl (C=O) groups excluding carboxylic acids is 2. The van der Waals surface area contributed by atoms with Crippen molar-refractivity contribution in [2.24, 2.45) is 0 Å². The zero-order valence-corrected chi connectivity index (χ0v) is 27.3. The molecule has 2 aliphatic rings. The van der Waals surface area contributed by atoms with E-state index in [1.807, 2.05) is 37.4 Å². The number of carbonyl (C=O) groups is 2. The van der Waals surface area contributed by atoms with Crippen molar-refractivity contribution < 1.29 is 19.4 Å². The summed E-state index contributed by atoms with van der Waals surface area (Å²) in [6.45, 7) is 4.72. The monoisotopic (exact) mass is 659 g/mol. The number of halogens is 1. The number of aldehydes is 1. The van der Waals surface area contributed by atoms with Gasteiger partial charge < -0.3 is 40.0 Å². The van der Waals surface area contributed by atoms with E-state index >= 15 is 0 Å². The highest BCUT2D eigenvalue weighted by Crippen LogP contribution is 2.32. The maximum atomic E-state index is 12.5. The van der Waals surface area contributed by atoms with E-state index in [2.05, 4.69) is 47.4 Å². The molecule has 5 heterocycles. The summed E-state index contributed by atoms with van der Waals surface area (Å²) in [7, 11) is 5.52. The van der Waals surface area contributed by atoms with Crippen LogP contribution in [-0.4, -0.2) is 108 Å². The van der Waals surface area contributed by atoms with Gasteiger partial charge in [-0.05, 0) is 43.9 Å². The molecule has 2 aliphatic heterocycles. The first kappa shape index (κ1) is 33.7. The Morgan fingerprint density at radius 1 is 1.09 bits per heavy atom. The molecule has 3 aromatic heterocycles. The minimum atomic E-state index is -0.179. The van der Waals surface area contributed by atoms with Crippen molar-refractivity contribution in [1.29, 1.82) is 0 Å². The Kier molecular flexibility index (Phi) is 11.3. The number of benzene rings is 1. The summed E-state index contributed by atoms with van der Waals surface area (Å²) < 4.78 is 5.11. The van der Waals surface area contributed by atoms with Crippen LogP contribution >= 0.6 is 11.6 Å². The second-order valence-corrected chi connectivity index (χ2v) is 11.5. The summed E-state index contributed by atoms with van der Waals surface area (Å²) >= 11 is 6.32. The zero-order chi connectivity index (χ0) is 33.3. The molecule has 47 heavy (non-hydrogen) atoms. The number of nitrogens with one attached hydrogen (secondary N) is 2. The van der Waals surface area contributed by atoms with E-state index in [1.54, 1.807) is 24.4 Å². The maximum absolute atomic E-state index is 12.5. The number of ether oxygens (including phenoxy) is 1. The lowest BCUT2D eigenvalue weighted by Crippen LogP contribution is -2.44. The molecule has 1 atom stereocenters. The minimum absolute atomic E-state index is 0.0652. The molecule has 1 fully saturated rings. The predicted molar refractivity (Wildman–Crippen MR) is 180 cm³/mol. The second-order valence-electron chi connectivity index (χ2n) is 11.1. The van der Waals surface area contributed by atoms with E-state index in [0.717, 1.165) is 49.5 Å². The number of pyridine rings is 2. The lowest BCUT2D eigenvalue weighted by Gasteiger charge is -2.33. The number of aliphatic hydroxyl groups is 1. The Morgan fingerprint density at radius 3 is 2.62 bits per heavy atom. The molecule has 0 radical (unpaired) electrons. The van der Waals surface area contributed by atoms with Crippen molar-refractivity contribution in [3.05, 3.63) is 82.8 Å². The number of fused-ring (bicyclic) bond motifs is 1. The van der Waals surface area contributed by atoms with Crippen LogP contribution in [0.2, 0.25) is 5.02 Å². The summed E-state index contributed by atoms with van der Waals surface area (Å²) in [6.07, 6.45) is 3.82. The highest BCUT2D eigenvalue weighted by atomic mass is 35.5. The molecule has 0 spiro atoms. The van der Waals surface area contributed by atoms with Crippen LogP contribution in [0.5, 0.6) is 5.88 Å². The van der Waals surface area contributed by atoms with E-state index in [1.165, 1.54) is 18.2 Å². The number of anilines is 3. The number of amides is 1. The van der Waals surface area contributed by atoms with E-state index in [-0.39, 0.29) is 25.1 Å². The molecule has 1 aromatic carbocycles. The third kappa shape index (κ3) is 8.19. The number of hydrogen-bond acceptors (Lipinski definition) is 12. The summed E-state index contributed by atoms with van der Waals surface area (Å²) in [5.41, 5.74) is 4.21. The van der Waals surface area contributed by atoms with Crippen LogP contribution in [0.15, 0.2) is 60.9 Å². The standard InChI is InChI=1S/C20H16ClN5O3.C13H22N4O/c1-29-17-9-14(4-5-22-17)24-20-23-10-16(21)18(25-20)12-2-3-13-11-26(6-7-27)19(28)15(13)8-12;1-14-12(10-18)11-4-3-5-13(15-11)17-8-6-16(2)7-9-17/h2-5,7-10H,6,11H2,1H3,(H,22,23,24,25);3-5,12,14,18H,6-10H2,1-2H3. The van der Waals surface area contributed by atoms with Gasteiger partial charge in [0.05, 0.1) is 48.9 Å². The van der Waals surface area contributed by atoms with Crippen LogP contribution in [0, 0.1) is 0 Å². The Labute approximate surface area is 278 Å². The number of aliphatic hydroxyl groups excluding tert-OH is 1. The van der Waals surface area contributed by atoms with E-state index < -0.39 is 0 Å². The number of aromatic nitrogens is 4. The fourth-order valence-corrected chi connectivity index (χ4v) is 5.48. The maximum Gasteiger partial charge on any atom is 0.254 e. The molecular weight excluding hydrogens is 622 g/mol. The number of piperazine rings is 1. The molecule has 13 nitrogen and oxygen atoms in total. The summed E-state index contributed by atoms with van der Waals surface area (Å²) in [4.78, 5) is 46.8. The van der Waals surface area contributed by atoms with Gasteiger partial charge in [0.15, 0.2) is 0 Å². The lowest BCUT2D eigenvalue weighted by atomic mass is 10.0. The van der Waals surface area contributed by atoms with Gasteiger partial charge in [-0.15, -0.1) is 0 Å². The number of methoxy groups -OCH3 is 1. The fourth-order valence-electron chi connectivity index (χ4n) is 5.28. The first-order chi connectivity index (χ1) is 22.8. The van der Waals surface area contributed by atoms with E-state index in [0.29, 0.717) is 45.9 Å². The molecule has 246 valence electrons. The van der Waals surface area contributed by atoms with Crippen LogP contribution in [0.1, 0.15) is 27.7 Å². The Hall–Kier alpha value is -4.69. The second kappa shape index (κ2) is 15.7. The summed E-state index contributed by atoms with van der Waals surface area (Å²) in [5, 5.41) is 15.8. The summed E-state index contributed by atoms with van der Waals surface area (Å²) in [6, 6.07) is 14.8. The lowest BCUT2D eigenvalue weighted by molar-refractivity contribution is -0.108. The molecule has 0 bridgehead atoms. The van der Waals surface area contributed by atoms with Gasteiger partial charge in [-0.2, -0.15) is 0 Å². The van der Waals surface area contributed by atoms with Gasteiger partial charge in [0, 0.05) is 61.8 Å². The van der Waals surface area contributed by atoms with Crippen molar-refractivity contribution in [3.63, 3.8) is 0 Å². The van der Waals surface area contributed by atoms with Gasteiger partial charge in [0.1, 0.15) is 12.1 Å². The number of rotatable bonds is 10. The Morgan fingerprint density at radius 2 is 1.89 bits per heavy atom. The van der Waals surface area contributed by atoms with E-state index in [9.17, 15) is 14.7 Å². The molecule has 3 N–H and O–H groups in total. The molecule has 4 aromatic rings. The average molecular weight is 660 g/mol. The van der Waals surface area contributed by atoms with Crippen LogP contribution in [0.3, 0.4) is 0 Å². The van der Waals surface area contributed by atoms with Gasteiger partial charge >= 0.3 is 0 Å². The number of nitrogens with zero attached hydrogens (tertiary/aromatic N) is 7. The van der Waals surface area contributed by atoms with Crippen molar-refractivity contribution in [2.75, 3.05) is 70.8 Å². The Bertz CT molecular complexity index is 1700. The third-order valence-corrected chi connectivity index (χ3v) is 8.25. The third-order valence-electron chi connectivity index (χ3n) is 7.97. The van der Waals surface area contributed by atoms with Crippen molar-refractivity contribution >= 4 is 41.2 Å². The van der Waals surface area contributed by atoms with Crippen molar-refractivity contribution in [2.45, 2.75) is 12.6 Å². The Balaban J connectivity index is 0.000000207. The van der Waals surface area contributed by atoms with Gasteiger partial charge in [-0.25, -0.2) is 19.9 Å². The van der Waals surface area contributed by atoms with Crippen LogP contribution in [0.25, 0.3) is 11.3 Å². The highest BCUT2D eigenvalue weighted by molar-refractivity contribution is 6.33. The van der Waals surface area contributed by atoms with Crippen molar-refractivity contribution in [1.82, 2.24) is 35.1 Å². The van der Waals surface area contributed by atoms with Crippen LogP contribution < -0.4 is 20.3 Å². The number of hydrogen-bond donors (Lipinski definition) is 3. The van der Waals surface area contributed by atoms with Gasteiger partial charge in [-0.1, -0.05) is 29.8 Å². The van der Waals surface area contributed by atoms with E-state index in [4.69, 9.17) is 16.3 Å². The SMILES string of the molecule is CNC(CO)c1cccc(N2CCN(C)CC2)n1.COc1cc(Nc2ncc(Cl)c(-c3ccc4c(c3)C(=O)N(CC=O)C4)n2)ccn1.